The molecule has 2 aromatic carbocycles. The predicted molar refractivity (Wildman–Crippen MR) is 140 cm³/mol. The second kappa shape index (κ2) is 8.34. The Labute approximate surface area is 214 Å². The van der Waals surface area contributed by atoms with Crippen molar-refractivity contribution in [1.82, 2.24) is 29.7 Å². The summed E-state index contributed by atoms with van der Waals surface area (Å²) >= 11 is 0. The molecule has 0 aliphatic heterocycles. The number of nitrogens with one attached hydrogen (secondary N) is 3. The quantitative estimate of drug-likeness (QED) is 0.250. The van der Waals surface area contributed by atoms with Crippen LogP contribution in [0.3, 0.4) is 0 Å². The van der Waals surface area contributed by atoms with Crippen molar-refractivity contribution >= 4 is 39.2 Å². The van der Waals surface area contributed by atoms with E-state index in [0.717, 1.165) is 38.5 Å². The molecule has 0 amide bonds. The molecule has 3 N–H and O–H groups in total. The number of hydrogen-bond donors (Lipinski definition) is 3. The fraction of sp³-hybridized carbons (Fsp3) is 0.143. The van der Waals surface area contributed by atoms with Crippen molar-refractivity contribution < 1.29 is 13.6 Å². The number of aromatic nitrogens is 6. The van der Waals surface area contributed by atoms with Gasteiger partial charge in [-0.05, 0) is 35.2 Å². The number of carbonyl (C=O) groups is 1. The highest BCUT2D eigenvalue weighted by molar-refractivity contribution is 5.94. The van der Waals surface area contributed by atoms with Gasteiger partial charge < -0.3 is 10.3 Å². The Hall–Kier alpha value is -4.86. The number of hydrogen-bond acceptors (Lipinski definition) is 5. The smallest absolute Gasteiger partial charge is 0.249 e. The minimum Gasteiger partial charge on any atom is -0.346 e. The van der Waals surface area contributed by atoms with E-state index in [4.69, 9.17) is 9.97 Å². The van der Waals surface area contributed by atoms with Gasteiger partial charge in [-0.2, -0.15) is 5.10 Å². The lowest BCUT2D eigenvalue weighted by Gasteiger charge is -2.33. The van der Waals surface area contributed by atoms with Crippen LogP contribution in [0.1, 0.15) is 17.6 Å². The predicted octanol–water partition coefficient (Wildman–Crippen LogP) is 6.40. The first kappa shape index (κ1) is 22.3. The molecule has 0 radical (unpaired) electrons. The lowest BCUT2D eigenvalue weighted by Crippen LogP contribution is -2.41. The topological polar surface area (TPSA) is 104 Å². The number of fused-ring (bicyclic) bond motifs is 2. The first-order chi connectivity index (χ1) is 18.4. The van der Waals surface area contributed by atoms with E-state index in [1.54, 1.807) is 18.6 Å². The number of alkyl halides is 2. The Morgan fingerprint density at radius 1 is 0.974 bits per heavy atom. The van der Waals surface area contributed by atoms with Gasteiger partial charge in [0.2, 0.25) is 11.8 Å². The Kier molecular flexibility index (Phi) is 4.90. The van der Waals surface area contributed by atoms with Crippen LogP contribution in [0.25, 0.3) is 44.3 Å². The van der Waals surface area contributed by atoms with Gasteiger partial charge in [0.1, 0.15) is 11.5 Å². The van der Waals surface area contributed by atoms with Crippen molar-refractivity contribution in [1.29, 1.82) is 0 Å². The number of carbonyl (C=O) groups excluding carboxylic acids is 1. The maximum atomic E-state index is 13.3. The molecule has 4 aromatic heterocycles. The Bertz CT molecular complexity index is 1790. The molecule has 1 fully saturated rings. The van der Waals surface area contributed by atoms with Crippen LogP contribution in [0.2, 0.25) is 0 Å². The van der Waals surface area contributed by atoms with E-state index in [1.807, 2.05) is 60.9 Å². The van der Waals surface area contributed by atoms with Crippen molar-refractivity contribution in [2.45, 2.75) is 18.8 Å². The summed E-state index contributed by atoms with van der Waals surface area (Å²) in [5, 5.41) is 12.7. The van der Waals surface area contributed by atoms with E-state index in [1.165, 1.54) is 4.57 Å². The fourth-order valence-electron chi connectivity index (χ4n) is 4.91. The van der Waals surface area contributed by atoms with Crippen LogP contribution >= 0.6 is 0 Å². The molecule has 1 aliphatic carbocycles. The van der Waals surface area contributed by atoms with Crippen molar-refractivity contribution in [2.75, 3.05) is 5.32 Å². The minimum atomic E-state index is -2.73. The van der Waals surface area contributed by atoms with E-state index in [0.29, 0.717) is 17.3 Å². The second-order valence-corrected chi connectivity index (χ2v) is 9.63. The van der Waals surface area contributed by atoms with Gasteiger partial charge in [-0.25, -0.2) is 18.7 Å². The number of nitrogens with zero attached hydrogens (tertiary/aromatic N) is 4. The zero-order chi connectivity index (χ0) is 25.9. The molecular formula is C28H21F2N7O. The zero-order valence-corrected chi connectivity index (χ0v) is 20.0. The Balaban J connectivity index is 1.19. The Morgan fingerprint density at radius 2 is 1.76 bits per heavy atom. The van der Waals surface area contributed by atoms with Gasteiger partial charge >= 0.3 is 0 Å². The van der Waals surface area contributed by atoms with Crippen LogP contribution in [-0.4, -0.2) is 41.5 Å². The lowest BCUT2D eigenvalue weighted by molar-refractivity contribution is -0.0999. The van der Waals surface area contributed by atoms with Gasteiger partial charge in [-0.1, -0.05) is 24.3 Å². The molecule has 4 heterocycles. The summed E-state index contributed by atoms with van der Waals surface area (Å²) in [6.07, 6.45) is 8.02. The number of halogens is 2. The number of benzene rings is 2. The largest absolute Gasteiger partial charge is 0.346 e. The van der Waals surface area contributed by atoms with Crippen LogP contribution < -0.4 is 5.32 Å². The van der Waals surface area contributed by atoms with Crippen LogP contribution in [0.15, 0.2) is 79.5 Å². The molecule has 0 bridgehead atoms. The lowest BCUT2D eigenvalue weighted by atomic mass is 9.81. The SMILES string of the molecule is O=C(C1CC(F)(F)C1)n1cc2ccc(-c3nc(Nc4ccc(-c5cn[nH]c5)cc4)c4cc[nH]c4n3)cc2c1. The average Bonchev–Trinajstić information content (AvgIpc) is 3.67. The first-order valence-electron chi connectivity index (χ1n) is 12.2. The molecule has 1 aliphatic rings. The molecule has 0 spiro atoms. The third-order valence-electron chi connectivity index (χ3n) is 6.99. The molecule has 0 saturated heterocycles. The standard InChI is InChI=1S/C28H21F2N7O/c29-28(30)10-20(11-28)27(38)37-14-18-2-1-17(9-19(18)15-37)24-35-25-23(7-8-31-25)26(36-24)34-22-5-3-16(4-6-22)21-12-32-33-13-21/h1-9,12-15,20H,10-11H2,(H,32,33)(H2,31,34,35,36). The van der Waals surface area contributed by atoms with Crippen LogP contribution in [0, 0.1) is 5.92 Å². The maximum Gasteiger partial charge on any atom is 0.249 e. The fourth-order valence-corrected chi connectivity index (χ4v) is 4.91. The molecule has 0 atom stereocenters. The molecule has 6 aromatic rings. The highest BCUT2D eigenvalue weighted by Crippen LogP contribution is 2.43. The number of aromatic amines is 2. The van der Waals surface area contributed by atoms with Gasteiger partial charge in [0.05, 0.1) is 17.5 Å². The third kappa shape index (κ3) is 3.90. The van der Waals surface area contributed by atoms with Gasteiger partial charge in [0.15, 0.2) is 5.82 Å². The van der Waals surface area contributed by atoms with Crippen molar-refractivity contribution in [3.05, 3.63) is 79.5 Å². The third-order valence-corrected chi connectivity index (χ3v) is 6.99. The second-order valence-electron chi connectivity index (χ2n) is 9.63. The highest BCUT2D eigenvalue weighted by Gasteiger charge is 2.49. The Morgan fingerprint density at radius 3 is 2.53 bits per heavy atom. The normalized spacial score (nSPS) is 15.1. The monoisotopic (exact) mass is 509 g/mol. The molecule has 10 heteroatoms. The number of anilines is 2. The van der Waals surface area contributed by atoms with E-state index in [2.05, 4.69) is 20.5 Å². The summed E-state index contributed by atoms with van der Waals surface area (Å²) < 4.78 is 27.9. The molecule has 7 rings (SSSR count). The summed E-state index contributed by atoms with van der Waals surface area (Å²) in [5.41, 5.74) is 4.38. The average molecular weight is 510 g/mol. The summed E-state index contributed by atoms with van der Waals surface area (Å²) in [6, 6.07) is 15.6. The molecule has 8 nitrogen and oxygen atoms in total. The highest BCUT2D eigenvalue weighted by atomic mass is 19.3. The maximum absolute atomic E-state index is 13.3. The first-order valence-corrected chi connectivity index (χ1v) is 12.2. The van der Waals surface area contributed by atoms with Crippen LogP contribution in [0.5, 0.6) is 0 Å². The van der Waals surface area contributed by atoms with Gasteiger partial charge in [-0.3, -0.25) is 14.5 Å². The number of H-pyrrole nitrogens is 2. The van der Waals surface area contributed by atoms with Gasteiger partial charge in [0.25, 0.3) is 0 Å². The summed E-state index contributed by atoms with van der Waals surface area (Å²) in [6.45, 7) is 0. The molecule has 1 saturated carbocycles. The van der Waals surface area contributed by atoms with E-state index < -0.39 is 24.7 Å². The van der Waals surface area contributed by atoms with Crippen LogP contribution in [0.4, 0.5) is 20.3 Å². The molecule has 38 heavy (non-hydrogen) atoms. The van der Waals surface area contributed by atoms with Crippen molar-refractivity contribution in [3.63, 3.8) is 0 Å². The zero-order valence-electron chi connectivity index (χ0n) is 20.0. The summed E-state index contributed by atoms with van der Waals surface area (Å²) in [7, 11) is 0. The van der Waals surface area contributed by atoms with Gasteiger partial charge in [-0.15, -0.1) is 0 Å². The summed E-state index contributed by atoms with van der Waals surface area (Å²) in [4.78, 5) is 25.3. The van der Waals surface area contributed by atoms with Crippen molar-refractivity contribution in [2.24, 2.45) is 5.92 Å². The summed E-state index contributed by atoms with van der Waals surface area (Å²) in [5.74, 6) is -2.52. The molecule has 188 valence electrons. The number of rotatable bonds is 5. The molecular weight excluding hydrogens is 488 g/mol. The van der Waals surface area contributed by atoms with E-state index >= 15 is 0 Å². The van der Waals surface area contributed by atoms with Crippen molar-refractivity contribution in [3.8, 4) is 22.5 Å². The minimum absolute atomic E-state index is 0.303. The van der Waals surface area contributed by atoms with Crippen LogP contribution in [-0.2, 0) is 0 Å². The van der Waals surface area contributed by atoms with E-state index in [-0.39, 0.29) is 5.91 Å². The van der Waals surface area contributed by atoms with E-state index in [9.17, 15) is 13.6 Å². The molecule has 0 unspecified atom stereocenters. The van der Waals surface area contributed by atoms with Gasteiger partial charge in [0, 0.05) is 59.8 Å².